The van der Waals surface area contributed by atoms with Gasteiger partial charge in [0.25, 0.3) is 0 Å². The molecule has 0 bridgehead atoms. The van der Waals surface area contributed by atoms with Crippen molar-refractivity contribution in [3.05, 3.63) is 35.9 Å². The van der Waals surface area contributed by atoms with Gasteiger partial charge in [-0.1, -0.05) is 42.4 Å². The SMILES string of the molecule is CCC1=NOC(CN(C(=O)OC(C)(C)C)C(=O)[C@@H](N)Cc2ccccc2)C1S. The molecule has 2 amide bonds. The van der Waals surface area contributed by atoms with E-state index in [9.17, 15) is 9.59 Å². The maximum Gasteiger partial charge on any atom is 0.417 e. The monoisotopic (exact) mass is 407 g/mol. The van der Waals surface area contributed by atoms with Crippen molar-refractivity contribution in [3.63, 3.8) is 0 Å². The van der Waals surface area contributed by atoms with Crippen LogP contribution in [0, 0.1) is 0 Å². The molecule has 154 valence electrons. The first-order valence-corrected chi connectivity index (χ1v) is 9.88. The molecule has 0 aliphatic carbocycles. The fourth-order valence-corrected chi connectivity index (χ4v) is 3.15. The minimum atomic E-state index is -0.888. The van der Waals surface area contributed by atoms with Gasteiger partial charge in [-0.15, -0.1) is 0 Å². The molecule has 8 heteroatoms. The molecule has 2 unspecified atom stereocenters. The number of amides is 2. The second-order valence-electron chi connectivity index (χ2n) is 7.75. The third kappa shape index (κ3) is 5.97. The molecule has 3 atom stereocenters. The summed E-state index contributed by atoms with van der Waals surface area (Å²) in [6.45, 7) is 7.13. The molecule has 2 rings (SSSR count). The van der Waals surface area contributed by atoms with E-state index in [0.717, 1.165) is 16.2 Å². The van der Waals surface area contributed by atoms with E-state index in [1.165, 1.54) is 0 Å². The lowest BCUT2D eigenvalue weighted by molar-refractivity contribution is -0.133. The van der Waals surface area contributed by atoms with Gasteiger partial charge >= 0.3 is 6.09 Å². The highest BCUT2D eigenvalue weighted by Gasteiger charge is 2.38. The third-order valence-corrected chi connectivity index (χ3v) is 4.85. The Balaban J connectivity index is 2.15. The Bertz CT molecular complexity index is 718. The second kappa shape index (κ2) is 9.43. The van der Waals surface area contributed by atoms with E-state index in [2.05, 4.69) is 17.8 Å². The van der Waals surface area contributed by atoms with Gasteiger partial charge < -0.3 is 15.3 Å². The molecular formula is C20H29N3O4S. The number of ether oxygens (including phenoxy) is 1. The van der Waals surface area contributed by atoms with E-state index in [1.54, 1.807) is 20.8 Å². The Hall–Kier alpha value is -2.06. The van der Waals surface area contributed by atoms with Crippen molar-refractivity contribution in [1.82, 2.24) is 4.90 Å². The van der Waals surface area contributed by atoms with E-state index >= 15 is 0 Å². The highest BCUT2D eigenvalue weighted by molar-refractivity contribution is 7.82. The first-order valence-electron chi connectivity index (χ1n) is 9.37. The second-order valence-corrected chi connectivity index (χ2v) is 8.31. The van der Waals surface area contributed by atoms with Crippen LogP contribution in [0.15, 0.2) is 35.5 Å². The molecule has 1 heterocycles. The zero-order valence-corrected chi connectivity index (χ0v) is 17.7. The van der Waals surface area contributed by atoms with Gasteiger partial charge in [0.2, 0.25) is 5.91 Å². The van der Waals surface area contributed by atoms with Gasteiger partial charge in [-0.3, -0.25) is 4.79 Å². The molecule has 0 saturated heterocycles. The van der Waals surface area contributed by atoms with Crippen molar-refractivity contribution in [2.75, 3.05) is 6.54 Å². The fraction of sp³-hybridized carbons (Fsp3) is 0.550. The summed E-state index contributed by atoms with van der Waals surface area (Å²) in [5.41, 5.74) is 7.06. The topological polar surface area (TPSA) is 94.2 Å². The number of carbonyl (C=O) groups excluding carboxylic acids is 2. The number of imide groups is 1. The van der Waals surface area contributed by atoms with Crippen LogP contribution < -0.4 is 5.73 Å². The van der Waals surface area contributed by atoms with Crippen LogP contribution in [0.5, 0.6) is 0 Å². The van der Waals surface area contributed by atoms with E-state index in [4.69, 9.17) is 15.3 Å². The molecule has 7 nitrogen and oxygen atoms in total. The summed E-state index contributed by atoms with van der Waals surface area (Å²) in [5, 5.41) is 3.70. The predicted molar refractivity (Wildman–Crippen MR) is 111 cm³/mol. The summed E-state index contributed by atoms with van der Waals surface area (Å²) >= 11 is 4.52. The summed E-state index contributed by atoms with van der Waals surface area (Å²) in [6, 6.07) is 8.52. The maximum atomic E-state index is 13.0. The Morgan fingerprint density at radius 1 is 1.32 bits per heavy atom. The normalized spacial score (nSPS) is 20.1. The first-order chi connectivity index (χ1) is 13.1. The molecular weight excluding hydrogens is 378 g/mol. The minimum Gasteiger partial charge on any atom is -0.443 e. The van der Waals surface area contributed by atoms with Gasteiger partial charge in [-0.2, -0.15) is 12.6 Å². The Kier molecular flexibility index (Phi) is 7.48. The number of thiol groups is 1. The number of nitrogens with zero attached hydrogens (tertiary/aromatic N) is 2. The number of hydrogen-bond donors (Lipinski definition) is 2. The summed E-state index contributed by atoms with van der Waals surface area (Å²) in [5.74, 6) is -0.521. The first kappa shape index (κ1) is 22.2. The lowest BCUT2D eigenvalue weighted by atomic mass is 10.0. The van der Waals surface area contributed by atoms with Crippen molar-refractivity contribution in [3.8, 4) is 0 Å². The van der Waals surface area contributed by atoms with E-state index < -0.39 is 29.7 Å². The number of nitrogens with two attached hydrogens (primary N) is 1. The van der Waals surface area contributed by atoms with E-state index in [0.29, 0.717) is 12.8 Å². The van der Waals surface area contributed by atoms with Crippen molar-refractivity contribution in [2.24, 2.45) is 10.9 Å². The predicted octanol–water partition coefficient (Wildman–Crippen LogP) is 2.78. The van der Waals surface area contributed by atoms with Crippen molar-refractivity contribution >= 4 is 30.3 Å². The summed E-state index contributed by atoms with van der Waals surface area (Å²) in [6.07, 6.45) is -0.307. The Labute approximate surface area is 171 Å². The molecule has 2 N–H and O–H groups in total. The molecule has 1 aliphatic heterocycles. The van der Waals surface area contributed by atoms with Crippen LogP contribution in [0.1, 0.15) is 39.7 Å². The van der Waals surface area contributed by atoms with Crippen LogP contribution >= 0.6 is 12.6 Å². The average molecular weight is 408 g/mol. The van der Waals surface area contributed by atoms with Gasteiger partial charge in [0, 0.05) is 0 Å². The van der Waals surface area contributed by atoms with Crippen LogP contribution in [0.4, 0.5) is 4.79 Å². The van der Waals surface area contributed by atoms with E-state index in [1.807, 2.05) is 37.3 Å². The standard InChI is InChI=1S/C20H29N3O4S/c1-5-15-17(28)16(27-22-15)12-23(19(25)26-20(2,3)4)18(24)14(21)11-13-9-7-6-8-10-13/h6-10,14,16-17,28H,5,11-12,21H2,1-4H3/t14-,16?,17?/m0/s1. The molecule has 1 aromatic carbocycles. The highest BCUT2D eigenvalue weighted by atomic mass is 32.1. The molecule has 0 radical (unpaired) electrons. The van der Waals surface area contributed by atoms with Gasteiger partial charge in [0.15, 0.2) is 6.10 Å². The highest BCUT2D eigenvalue weighted by Crippen LogP contribution is 2.21. The number of benzene rings is 1. The van der Waals surface area contributed by atoms with Gasteiger partial charge in [-0.05, 0) is 39.2 Å². The summed E-state index contributed by atoms with van der Waals surface area (Å²) in [4.78, 5) is 32.1. The average Bonchev–Trinajstić information content (AvgIpc) is 2.98. The van der Waals surface area contributed by atoms with Crippen LogP contribution in [0.25, 0.3) is 0 Å². The molecule has 1 aromatic rings. The number of rotatable bonds is 6. The molecule has 1 aliphatic rings. The number of carbonyl (C=O) groups is 2. The van der Waals surface area contributed by atoms with Crippen LogP contribution in [0.3, 0.4) is 0 Å². The molecule has 0 aromatic heterocycles. The Morgan fingerprint density at radius 3 is 2.50 bits per heavy atom. The fourth-order valence-electron chi connectivity index (χ4n) is 2.78. The largest absolute Gasteiger partial charge is 0.443 e. The number of hydrogen-bond acceptors (Lipinski definition) is 7. The quantitative estimate of drug-likeness (QED) is 0.707. The van der Waals surface area contributed by atoms with Crippen LogP contribution in [-0.4, -0.2) is 52.2 Å². The lowest BCUT2D eigenvalue weighted by Crippen LogP contribution is -2.52. The molecule has 0 saturated carbocycles. The lowest BCUT2D eigenvalue weighted by Gasteiger charge is -2.29. The van der Waals surface area contributed by atoms with Crippen LogP contribution in [-0.2, 0) is 20.8 Å². The smallest absolute Gasteiger partial charge is 0.417 e. The zero-order chi connectivity index (χ0) is 20.9. The zero-order valence-electron chi connectivity index (χ0n) is 16.8. The van der Waals surface area contributed by atoms with Crippen molar-refractivity contribution in [1.29, 1.82) is 0 Å². The summed E-state index contributed by atoms with van der Waals surface area (Å²) in [7, 11) is 0. The third-order valence-electron chi connectivity index (χ3n) is 4.22. The minimum absolute atomic E-state index is 0.0304. The Morgan fingerprint density at radius 2 is 1.96 bits per heavy atom. The summed E-state index contributed by atoms with van der Waals surface area (Å²) < 4.78 is 5.41. The van der Waals surface area contributed by atoms with Crippen molar-refractivity contribution in [2.45, 2.75) is 63.5 Å². The van der Waals surface area contributed by atoms with Crippen molar-refractivity contribution < 1.29 is 19.2 Å². The number of oxime groups is 1. The maximum absolute atomic E-state index is 13.0. The molecule has 0 fully saturated rings. The molecule has 28 heavy (non-hydrogen) atoms. The van der Waals surface area contributed by atoms with Gasteiger partial charge in [0.05, 0.1) is 23.5 Å². The van der Waals surface area contributed by atoms with E-state index in [-0.39, 0.29) is 11.8 Å². The van der Waals surface area contributed by atoms with Gasteiger partial charge in [-0.25, -0.2) is 9.69 Å². The molecule has 0 spiro atoms. The van der Waals surface area contributed by atoms with Gasteiger partial charge in [0.1, 0.15) is 5.60 Å². The van der Waals surface area contributed by atoms with Crippen LogP contribution in [0.2, 0.25) is 0 Å².